The van der Waals surface area contributed by atoms with Gasteiger partial charge in [-0.1, -0.05) is 17.7 Å². The first-order chi connectivity index (χ1) is 12.1. The first kappa shape index (κ1) is 17.5. The van der Waals surface area contributed by atoms with Gasteiger partial charge in [-0.15, -0.1) is 0 Å². The minimum absolute atomic E-state index is 0.129. The van der Waals surface area contributed by atoms with Crippen LogP contribution in [0.15, 0.2) is 42.6 Å². The molecule has 5 nitrogen and oxygen atoms in total. The van der Waals surface area contributed by atoms with Crippen molar-refractivity contribution in [2.24, 2.45) is 0 Å². The van der Waals surface area contributed by atoms with Crippen molar-refractivity contribution in [2.45, 2.75) is 32.4 Å². The van der Waals surface area contributed by atoms with Gasteiger partial charge in [0.15, 0.2) is 0 Å². The summed E-state index contributed by atoms with van der Waals surface area (Å²) in [5.74, 6) is 0.723. The molecule has 0 saturated carbocycles. The number of carbonyl (C=O) groups is 1. The Hall–Kier alpha value is -2.27. The molecule has 2 heterocycles. The first-order valence-corrected chi connectivity index (χ1v) is 8.89. The third kappa shape index (κ3) is 4.63. The molecule has 1 aromatic carbocycles. The van der Waals surface area contributed by atoms with Gasteiger partial charge in [-0.2, -0.15) is 0 Å². The van der Waals surface area contributed by atoms with Gasteiger partial charge in [0, 0.05) is 25.0 Å². The normalized spacial score (nSPS) is 15.0. The Bertz CT molecular complexity index is 718. The lowest BCUT2D eigenvalue weighted by Crippen LogP contribution is -2.39. The molecule has 25 heavy (non-hydrogen) atoms. The predicted molar refractivity (Wildman–Crippen MR) is 98.9 cm³/mol. The largest absolute Gasteiger partial charge is 0.486 e. The fourth-order valence-electron chi connectivity index (χ4n) is 2.87. The zero-order chi connectivity index (χ0) is 17.6. The third-order valence-electron chi connectivity index (χ3n) is 4.20. The molecule has 0 spiro atoms. The number of benzene rings is 1. The van der Waals surface area contributed by atoms with E-state index in [1.54, 1.807) is 18.3 Å². The Morgan fingerprint density at radius 3 is 2.80 bits per heavy atom. The number of amides is 1. The van der Waals surface area contributed by atoms with Gasteiger partial charge in [0.05, 0.1) is 10.7 Å². The fraction of sp³-hybridized carbons (Fsp3) is 0.368. The molecule has 1 atom stereocenters. The Balaban J connectivity index is 1.58. The number of rotatable bonds is 6. The van der Waals surface area contributed by atoms with Crippen LogP contribution in [-0.4, -0.2) is 34.9 Å². The summed E-state index contributed by atoms with van der Waals surface area (Å²) in [6.45, 7) is 3.94. The predicted octanol–water partition coefficient (Wildman–Crippen LogP) is 3.74. The summed E-state index contributed by atoms with van der Waals surface area (Å²) in [6.07, 6.45) is 3.91. The molecule has 132 valence electrons. The quantitative estimate of drug-likeness (QED) is 0.853. The molecule has 0 aliphatic carbocycles. The van der Waals surface area contributed by atoms with Crippen LogP contribution in [0.4, 0.5) is 5.69 Å². The van der Waals surface area contributed by atoms with Crippen molar-refractivity contribution >= 4 is 23.2 Å². The molecule has 1 N–H and O–H groups in total. The molecule has 1 aliphatic rings. The highest BCUT2D eigenvalue weighted by Crippen LogP contribution is 2.28. The lowest BCUT2D eigenvalue weighted by Gasteiger charge is -2.22. The number of halogens is 1. The van der Waals surface area contributed by atoms with E-state index < -0.39 is 0 Å². The van der Waals surface area contributed by atoms with Gasteiger partial charge in [0.2, 0.25) is 5.91 Å². The van der Waals surface area contributed by atoms with Crippen LogP contribution in [0, 0.1) is 0 Å². The smallest absolute Gasteiger partial charge is 0.244 e. The molecule has 1 aromatic heterocycles. The number of hydrogen-bond donors (Lipinski definition) is 1. The molecular weight excluding hydrogens is 338 g/mol. The number of ether oxygens (including phenoxy) is 1. The highest BCUT2D eigenvalue weighted by molar-refractivity contribution is 6.32. The zero-order valence-corrected chi connectivity index (χ0v) is 15.0. The summed E-state index contributed by atoms with van der Waals surface area (Å²) in [4.78, 5) is 18.5. The number of pyridine rings is 1. The van der Waals surface area contributed by atoms with Crippen molar-refractivity contribution in [2.75, 3.05) is 18.4 Å². The summed E-state index contributed by atoms with van der Waals surface area (Å²) in [6, 6.07) is 10.8. The van der Waals surface area contributed by atoms with Crippen molar-refractivity contribution < 1.29 is 9.53 Å². The lowest BCUT2D eigenvalue weighted by atomic mass is 10.2. The van der Waals surface area contributed by atoms with Crippen LogP contribution in [0.3, 0.4) is 0 Å². The van der Waals surface area contributed by atoms with Gasteiger partial charge >= 0.3 is 0 Å². The van der Waals surface area contributed by atoms with Crippen molar-refractivity contribution in [1.82, 2.24) is 9.88 Å². The van der Waals surface area contributed by atoms with Gasteiger partial charge in [0.1, 0.15) is 18.4 Å². The van der Waals surface area contributed by atoms with Gasteiger partial charge in [-0.25, -0.2) is 0 Å². The fourth-order valence-corrected chi connectivity index (χ4v) is 3.10. The van der Waals surface area contributed by atoms with Crippen molar-refractivity contribution in [3.05, 3.63) is 53.3 Å². The van der Waals surface area contributed by atoms with Gasteiger partial charge in [-0.3, -0.25) is 9.78 Å². The maximum atomic E-state index is 12.4. The van der Waals surface area contributed by atoms with Crippen molar-refractivity contribution in [1.29, 1.82) is 0 Å². The van der Waals surface area contributed by atoms with Crippen LogP contribution >= 0.6 is 11.6 Å². The number of likely N-dealkylation sites (tertiary alicyclic amines) is 1. The second kappa shape index (κ2) is 8.21. The zero-order valence-electron chi connectivity index (χ0n) is 14.2. The van der Waals surface area contributed by atoms with Crippen molar-refractivity contribution in [3.8, 4) is 5.75 Å². The van der Waals surface area contributed by atoms with Crippen LogP contribution in [0.25, 0.3) is 0 Å². The van der Waals surface area contributed by atoms with Crippen LogP contribution in [-0.2, 0) is 11.4 Å². The van der Waals surface area contributed by atoms with E-state index in [2.05, 4.69) is 10.3 Å². The highest BCUT2D eigenvalue weighted by atomic mass is 35.5. The molecule has 3 rings (SSSR count). The van der Waals surface area contributed by atoms with Gasteiger partial charge < -0.3 is 15.0 Å². The van der Waals surface area contributed by atoms with Gasteiger partial charge in [-0.05, 0) is 50.1 Å². The minimum Gasteiger partial charge on any atom is -0.486 e. The average molecular weight is 360 g/mol. The molecule has 2 aromatic rings. The van der Waals surface area contributed by atoms with Crippen LogP contribution in [0.2, 0.25) is 5.02 Å². The van der Waals surface area contributed by atoms with E-state index in [0.29, 0.717) is 17.4 Å². The van der Waals surface area contributed by atoms with Crippen LogP contribution < -0.4 is 10.1 Å². The van der Waals surface area contributed by atoms with E-state index in [-0.39, 0.29) is 11.9 Å². The lowest BCUT2D eigenvalue weighted by molar-refractivity contribution is -0.130. The summed E-state index contributed by atoms with van der Waals surface area (Å²) < 4.78 is 5.71. The molecule has 0 radical (unpaired) electrons. The molecule has 1 saturated heterocycles. The molecule has 0 bridgehead atoms. The second-order valence-electron chi connectivity index (χ2n) is 6.15. The summed E-state index contributed by atoms with van der Waals surface area (Å²) in [7, 11) is 0. The SMILES string of the molecule is C[C@@H](Nc1ccc(OCc2ccccn2)c(Cl)c1)C(=O)N1CCCC1. The second-order valence-corrected chi connectivity index (χ2v) is 6.56. The van der Waals surface area contributed by atoms with Crippen molar-refractivity contribution in [3.63, 3.8) is 0 Å². The van der Waals surface area contributed by atoms with Gasteiger partial charge in [0.25, 0.3) is 0 Å². The highest BCUT2D eigenvalue weighted by Gasteiger charge is 2.23. The topological polar surface area (TPSA) is 54.5 Å². The average Bonchev–Trinajstić information content (AvgIpc) is 3.16. The molecule has 6 heteroatoms. The van der Waals surface area contributed by atoms with E-state index in [4.69, 9.17) is 16.3 Å². The Kier molecular flexibility index (Phi) is 5.76. The Labute approximate surface area is 153 Å². The van der Waals surface area contributed by atoms with Crippen LogP contribution in [0.1, 0.15) is 25.5 Å². The maximum absolute atomic E-state index is 12.4. The van der Waals surface area contributed by atoms with E-state index in [1.807, 2.05) is 36.1 Å². The maximum Gasteiger partial charge on any atom is 0.244 e. The first-order valence-electron chi connectivity index (χ1n) is 8.51. The molecule has 1 amide bonds. The molecule has 1 aliphatic heterocycles. The van der Waals surface area contributed by atoms with E-state index in [0.717, 1.165) is 37.3 Å². The molecule has 0 unspecified atom stereocenters. The standard InChI is InChI=1S/C19H22ClN3O2/c1-14(19(24)23-10-4-5-11-23)22-15-7-8-18(17(20)12-15)25-13-16-6-2-3-9-21-16/h2-3,6-9,12,14,22H,4-5,10-11,13H2,1H3/t14-/m1/s1. The third-order valence-corrected chi connectivity index (χ3v) is 4.50. The summed E-state index contributed by atoms with van der Waals surface area (Å²) >= 11 is 6.31. The number of nitrogens with zero attached hydrogens (tertiary/aromatic N) is 2. The Morgan fingerprint density at radius 2 is 2.12 bits per heavy atom. The summed E-state index contributed by atoms with van der Waals surface area (Å²) in [5.41, 5.74) is 1.64. The summed E-state index contributed by atoms with van der Waals surface area (Å²) in [5, 5.41) is 3.72. The number of anilines is 1. The Morgan fingerprint density at radius 1 is 1.32 bits per heavy atom. The molecular formula is C19H22ClN3O2. The monoisotopic (exact) mass is 359 g/mol. The van der Waals surface area contributed by atoms with Crippen LogP contribution in [0.5, 0.6) is 5.75 Å². The molecule has 1 fully saturated rings. The number of hydrogen-bond acceptors (Lipinski definition) is 4. The number of carbonyl (C=O) groups excluding carboxylic acids is 1. The van der Waals surface area contributed by atoms with E-state index >= 15 is 0 Å². The minimum atomic E-state index is -0.283. The number of aromatic nitrogens is 1. The van der Waals surface area contributed by atoms with E-state index in [9.17, 15) is 4.79 Å². The van der Waals surface area contributed by atoms with E-state index in [1.165, 1.54) is 0 Å². The number of nitrogens with one attached hydrogen (secondary N) is 1.